The average molecular weight is 459 g/mol. The summed E-state index contributed by atoms with van der Waals surface area (Å²) in [7, 11) is 0. The van der Waals surface area contributed by atoms with E-state index in [4.69, 9.17) is 15.6 Å². The van der Waals surface area contributed by atoms with Crippen molar-refractivity contribution in [3.63, 3.8) is 0 Å². The number of para-hydroxylation sites is 1. The zero-order chi connectivity index (χ0) is 23.9. The monoisotopic (exact) mass is 459 g/mol. The standard InChI is InChI=1S/C17H20FN5O2.C2HF3O2/c18-13-5-1-2-6-15(13)23-9-7-14(21-23)17(25)20-12-4-3-8-22(10-12)11-16(19)24;3-2(4,5)1(6)7/h1-2,5-7,9,12H,3-4,8,10-11H2,(H2,19,24)(H,20,25);(H,6,7). The SMILES string of the molecule is NC(=O)CN1CCCC(NC(=O)c2ccn(-c3ccccc3F)n2)C1.O=C(O)C(F)(F)F. The minimum Gasteiger partial charge on any atom is -0.475 e. The first kappa shape index (κ1) is 24.8. The van der Waals surface area contributed by atoms with Crippen molar-refractivity contribution in [1.29, 1.82) is 0 Å². The molecule has 4 N–H and O–H groups in total. The highest BCUT2D eigenvalue weighted by atomic mass is 19.4. The van der Waals surface area contributed by atoms with E-state index in [1.807, 2.05) is 4.90 Å². The Morgan fingerprint density at radius 2 is 1.88 bits per heavy atom. The summed E-state index contributed by atoms with van der Waals surface area (Å²) in [6, 6.07) is 7.70. The van der Waals surface area contributed by atoms with Gasteiger partial charge in [0.15, 0.2) is 5.69 Å². The number of piperidine rings is 1. The van der Waals surface area contributed by atoms with E-state index in [1.165, 1.54) is 10.7 Å². The van der Waals surface area contributed by atoms with Crippen molar-refractivity contribution in [3.05, 3.63) is 48.0 Å². The quantitative estimate of drug-likeness (QED) is 0.579. The first-order valence-electron chi connectivity index (χ1n) is 9.39. The molecular formula is C19H21F4N5O4. The lowest BCUT2D eigenvalue weighted by Gasteiger charge is -2.32. The maximum Gasteiger partial charge on any atom is 0.490 e. The molecule has 0 spiro atoms. The summed E-state index contributed by atoms with van der Waals surface area (Å²) in [6.07, 6.45) is -1.83. The fourth-order valence-corrected chi connectivity index (χ4v) is 3.01. The number of nitrogens with one attached hydrogen (secondary N) is 1. The third-order valence-electron chi connectivity index (χ3n) is 4.38. The number of likely N-dealkylation sites (tertiary alicyclic amines) is 1. The number of carboxylic acids is 1. The Hall–Kier alpha value is -3.48. The number of aromatic nitrogens is 2. The molecule has 1 aromatic heterocycles. The van der Waals surface area contributed by atoms with Gasteiger partial charge in [-0.05, 0) is 37.6 Å². The van der Waals surface area contributed by atoms with Crippen molar-refractivity contribution in [3.8, 4) is 5.69 Å². The van der Waals surface area contributed by atoms with Crippen LogP contribution in [0.4, 0.5) is 17.6 Å². The summed E-state index contributed by atoms with van der Waals surface area (Å²) in [5.74, 6) is -3.86. The maximum atomic E-state index is 13.8. The van der Waals surface area contributed by atoms with Crippen LogP contribution in [0.2, 0.25) is 0 Å². The van der Waals surface area contributed by atoms with E-state index in [9.17, 15) is 27.2 Å². The molecule has 0 aliphatic carbocycles. The number of hydrogen-bond acceptors (Lipinski definition) is 5. The Labute approximate surface area is 179 Å². The van der Waals surface area contributed by atoms with Gasteiger partial charge in [0, 0.05) is 18.8 Å². The fourth-order valence-electron chi connectivity index (χ4n) is 3.01. The summed E-state index contributed by atoms with van der Waals surface area (Å²) < 4.78 is 46.9. The number of nitrogens with zero attached hydrogens (tertiary/aromatic N) is 3. The Balaban J connectivity index is 0.000000451. The second-order valence-corrected chi connectivity index (χ2v) is 6.91. The van der Waals surface area contributed by atoms with E-state index >= 15 is 0 Å². The second kappa shape index (κ2) is 10.7. The van der Waals surface area contributed by atoms with Gasteiger partial charge in [0.05, 0.1) is 6.54 Å². The van der Waals surface area contributed by atoms with Gasteiger partial charge in [-0.15, -0.1) is 0 Å². The summed E-state index contributed by atoms with van der Waals surface area (Å²) in [6.45, 7) is 1.55. The zero-order valence-electron chi connectivity index (χ0n) is 16.7. The molecule has 1 aliphatic rings. The largest absolute Gasteiger partial charge is 0.490 e. The molecule has 1 aliphatic heterocycles. The molecule has 2 amide bonds. The molecule has 13 heteroatoms. The van der Waals surface area contributed by atoms with Gasteiger partial charge < -0.3 is 16.2 Å². The van der Waals surface area contributed by atoms with Crippen molar-refractivity contribution in [2.45, 2.75) is 25.1 Å². The predicted molar refractivity (Wildman–Crippen MR) is 103 cm³/mol. The van der Waals surface area contributed by atoms with Gasteiger partial charge in [-0.3, -0.25) is 14.5 Å². The molecule has 174 valence electrons. The number of amides is 2. The Morgan fingerprint density at radius 3 is 2.47 bits per heavy atom. The van der Waals surface area contributed by atoms with Crippen LogP contribution in [-0.4, -0.2) is 69.4 Å². The highest BCUT2D eigenvalue weighted by molar-refractivity contribution is 5.92. The topological polar surface area (TPSA) is 131 Å². The number of carboxylic acid groups (broad SMARTS) is 1. The van der Waals surface area contributed by atoms with Crippen LogP contribution in [0.5, 0.6) is 0 Å². The number of carbonyl (C=O) groups excluding carboxylic acids is 2. The molecular weight excluding hydrogens is 438 g/mol. The van der Waals surface area contributed by atoms with Gasteiger partial charge in [0.2, 0.25) is 5.91 Å². The van der Waals surface area contributed by atoms with Crippen LogP contribution in [0.15, 0.2) is 36.5 Å². The number of carbonyl (C=O) groups is 3. The van der Waals surface area contributed by atoms with Crippen LogP contribution in [-0.2, 0) is 9.59 Å². The molecule has 1 fully saturated rings. The van der Waals surface area contributed by atoms with Crippen LogP contribution in [0.1, 0.15) is 23.3 Å². The molecule has 0 radical (unpaired) electrons. The Kier molecular flexibility index (Phi) is 8.29. The number of rotatable bonds is 5. The van der Waals surface area contributed by atoms with Gasteiger partial charge in [-0.25, -0.2) is 13.9 Å². The summed E-state index contributed by atoms with van der Waals surface area (Å²) >= 11 is 0. The summed E-state index contributed by atoms with van der Waals surface area (Å²) in [5, 5.41) is 14.2. The average Bonchev–Trinajstić information content (AvgIpc) is 3.18. The number of primary amides is 1. The van der Waals surface area contributed by atoms with Crippen molar-refractivity contribution in [1.82, 2.24) is 20.0 Å². The predicted octanol–water partition coefficient (Wildman–Crippen LogP) is 1.32. The number of benzene rings is 1. The summed E-state index contributed by atoms with van der Waals surface area (Å²) in [5.41, 5.74) is 5.72. The minimum absolute atomic E-state index is 0.0702. The van der Waals surface area contributed by atoms with E-state index in [0.29, 0.717) is 6.54 Å². The lowest BCUT2D eigenvalue weighted by atomic mass is 10.1. The number of alkyl halides is 3. The molecule has 1 atom stereocenters. The summed E-state index contributed by atoms with van der Waals surface area (Å²) in [4.78, 5) is 34.2. The molecule has 1 saturated heterocycles. The number of aliphatic carboxylic acids is 1. The molecule has 1 unspecified atom stereocenters. The molecule has 2 aromatic rings. The van der Waals surface area contributed by atoms with E-state index in [0.717, 1.165) is 19.4 Å². The van der Waals surface area contributed by atoms with E-state index < -0.39 is 18.0 Å². The van der Waals surface area contributed by atoms with Crippen LogP contribution in [0.3, 0.4) is 0 Å². The van der Waals surface area contributed by atoms with Crippen molar-refractivity contribution >= 4 is 17.8 Å². The molecule has 0 saturated carbocycles. The van der Waals surface area contributed by atoms with Gasteiger partial charge in [0.1, 0.15) is 11.5 Å². The van der Waals surface area contributed by atoms with Crippen molar-refractivity contribution < 1.29 is 37.1 Å². The molecule has 3 rings (SSSR count). The van der Waals surface area contributed by atoms with Gasteiger partial charge in [-0.2, -0.15) is 18.3 Å². The molecule has 32 heavy (non-hydrogen) atoms. The Bertz CT molecular complexity index is 963. The second-order valence-electron chi connectivity index (χ2n) is 6.91. The number of halogens is 4. The molecule has 1 aromatic carbocycles. The first-order valence-corrected chi connectivity index (χ1v) is 9.39. The lowest BCUT2D eigenvalue weighted by Crippen LogP contribution is -2.49. The normalized spacial score (nSPS) is 16.6. The van der Waals surface area contributed by atoms with E-state index in [-0.39, 0.29) is 35.8 Å². The van der Waals surface area contributed by atoms with E-state index in [1.54, 1.807) is 30.5 Å². The third-order valence-corrected chi connectivity index (χ3v) is 4.38. The number of nitrogens with two attached hydrogens (primary N) is 1. The molecule has 9 nitrogen and oxygen atoms in total. The van der Waals surface area contributed by atoms with Crippen molar-refractivity contribution in [2.24, 2.45) is 5.73 Å². The maximum absolute atomic E-state index is 13.8. The lowest BCUT2D eigenvalue weighted by molar-refractivity contribution is -0.192. The zero-order valence-corrected chi connectivity index (χ0v) is 16.7. The van der Waals surface area contributed by atoms with Gasteiger partial charge in [-0.1, -0.05) is 12.1 Å². The van der Waals surface area contributed by atoms with Crippen LogP contribution in [0.25, 0.3) is 5.69 Å². The van der Waals surface area contributed by atoms with Crippen molar-refractivity contribution in [2.75, 3.05) is 19.6 Å². The minimum atomic E-state index is -5.08. The third kappa shape index (κ3) is 7.34. The molecule has 0 bridgehead atoms. The van der Waals surface area contributed by atoms with Crippen LogP contribution in [0, 0.1) is 5.82 Å². The van der Waals surface area contributed by atoms with E-state index in [2.05, 4.69) is 10.4 Å². The fraction of sp³-hybridized carbons (Fsp3) is 0.368. The Morgan fingerprint density at radius 1 is 1.22 bits per heavy atom. The highest BCUT2D eigenvalue weighted by Crippen LogP contribution is 2.14. The first-order chi connectivity index (χ1) is 15.0. The molecule has 2 heterocycles. The number of hydrogen-bond donors (Lipinski definition) is 3. The smallest absolute Gasteiger partial charge is 0.475 e. The van der Waals surface area contributed by atoms with Gasteiger partial charge >= 0.3 is 12.1 Å². The van der Waals surface area contributed by atoms with Crippen LogP contribution < -0.4 is 11.1 Å². The highest BCUT2D eigenvalue weighted by Gasteiger charge is 2.38. The van der Waals surface area contributed by atoms with Gasteiger partial charge in [0.25, 0.3) is 5.91 Å². The van der Waals surface area contributed by atoms with Crippen LogP contribution >= 0.6 is 0 Å².